The van der Waals surface area contributed by atoms with Gasteiger partial charge in [-0.2, -0.15) is 0 Å². The molecule has 1 saturated heterocycles. The van der Waals surface area contributed by atoms with E-state index in [9.17, 15) is 9.59 Å². The first-order valence-electron chi connectivity index (χ1n) is 9.42. The van der Waals surface area contributed by atoms with Crippen LogP contribution in [0.3, 0.4) is 0 Å². The third-order valence-corrected chi connectivity index (χ3v) is 5.06. The standard InChI is InChI=1S/C22H26N2O4/c1-4-23(14-16-8-6-5-7-9-16)22(26)17-12-21(25)24(15-17)19-13-18(27-2)10-11-20(19)28-3/h5-11,13,17H,4,12,14-15H2,1-3H3. The van der Waals surface area contributed by atoms with Gasteiger partial charge in [0.15, 0.2) is 0 Å². The van der Waals surface area contributed by atoms with Crippen LogP contribution in [-0.4, -0.2) is 44.0 Å². The van der Waals surface area contributed by atoms with E-state index in [-0.39, 0.29) is 24.2 Å². The van der Waals surface area contributed by atoms with Crippen molar-refractivity contribution in [1.82, 2.24) is 4.90 Å². The number of amides is 2. The molecule has 0 bridgehead atoms. The third kappa shape index (κ3) is 4.11. The summed E-state index contributed by atoms with van der Waals surface area (Å²) in [5, 5.41) is 0. The molecule has 28 heavy (non-hydrogen) atoms. The molecule has 2 aromatic rings. The lowest BCUT2D eigenvalue weighted by Crippen LogP contribution is -2.37. The maximum absolute atomic E-state index is 13.1. The number of benzene rings is 2. The van der Waals surface area contributed by atoms with Gasteiger partial charge in [-0.05, 0) is 24.6 Å². The minimum absolute atomic E-state index is 0.00376. The van der Waals surface area contributed by atoms with Gasteiger partial charge in [0.2, 0.25) is 11.8 Å². The second-order valence-electron chi connectivity index (χ2n) is 6.78. The van der Waals surface area contributed by atoms with Gasteiger partial charge in [-0.3, -0.25) is 9.59 Å². The van der Waals surface area contributed by atoms with Crippen molar-refractivity contribution in [3.05, 3.63) is 54.1 Å². The molecule has 6 nitrogen and oxygen atoms in total. The van der Waals surface area contributed by atoms with Crippen LogP contribution in [0.15, 0.2) is 48.5 Å². The fourth-order valence-corrected chi connectivity index (χ4v) is 3.52. The summed E-state index contributed by atoms with van der Waals surface area (Å²) in [6.45, 7) is 3.44. The summed E-state index contributed by atoms with van der Waals surface area (Å²) in [5.74, 6) is 0.772. The van der Waals surface area contributed by atoms with Crippen molar-refractivity contribution >= 4 is 17.5 Å². The molecule has 2 amide bonds. The highest BCUT2D eigenvalue weighted by molar-refractivity contribution is 6.01. The van der Waals surface area contributed by atoms with E-state index < -0.39 is 0 Å². The lowest BCUT2D eigenvalue weighted by atomic mass is 10.1. The van der Waals surface area contributed by atoms with Gasteiger partial charge in [0.1, 0.15) is 11.5 Å². The van der Waals surface area contributed by atoms with Crippen molar-refractivity contribution < 1.29 is 19.1 Å². The summed E-state index contributed by atoms with van der Waals surface area (Å²) >= 11 is 0. The van der Waals surface area contributed by atoms with Crippen LogP contribution >= 0.6 is 0 Å². The van der Waals surface area contributed by atoms with Crippen molar-refractivity contribution in [2.24, 2.45) is 5.92 Å². The Morgan fingerprint density at radius 2 is 1.89 bits per heavy atom. The van der Waals surface area contributed by atoms with Crippen molar-refractivity contribution in [2.75, 3.05) is 32.2 Å². The van der Waals surface area contributed by atoms with Crippen LogP contribution < -0.4 is 14.4 Å². The van der Waals surface area contributed by atoms with Gasteiger partial charge in [0.25, 0.3) is 0 Å². The molecular weight excluding hydrogens is 356 g/mol. The van der Waals surface area contributed by atoms with Crippen LogP contribution in [-0.2, 0) is 16.1 Å². The molecule has 3 rings (SSSR count). The Bertz CT molecular complexity index is 838. The largest absolute Gasteiger partial charge is 0.497 e. The number of anilines is 1. The number of hydrogen-bond acceptors (Lipinski definition) is 4. The number of ether oxygens (including phenoxy) is 2. The predicted octanol–water partition coefficient (Wildman–Crippen LogP) is 3.11. The van der Waals surface area contributed by atoms with Crippen LogP contribution in [0.2, 0.25) is 0 Å². The summed E-state index contributed by atoms with van der Waals surface area (Å²) < 4.78 is 10.7. The number of methoxy groups -OCH3 is 2. The first-order chi connectivity index (χ1) is 13.6. The third-order valence-electron chi connectivity index (χ3n) is 5.06. The Kier molecular flexibility index (Phi) is 6.19. The minimum Gasteiger partial charge on any atom is -0.497 e. The Balaban J connectivity index is 1.77. The highest BCUT2D eigenvalue weighted by Crippen LogP contribution is 2.36. The van der Waals surface area contributed by atoms with E-state index in [4.69, 9.17) is 9.47 Å². The Hall–Kier alpha value is -3.02. The van der Waals surface area contributed by atoms with Gasteiger partial charge in [-0.15, -0.1) is 0 Å². The molecule has 148 valence electrons. The topological polar surface area (TPSA) is 59.1 Å². The number of carbonyl (C=O) groups excluding carboxylic acids is 2. The molecule has 0 spiro atoms. The molecule has 1 aliphatic rings. The van der Waals surface area contributed by atoms with E-state index >= 15 is 0 Å². The van der Waals surface area contributed by atoms with Crippen molar-refractivity contribution in [2.45, 2.75) is 19.9 Å². The van der Waals surface area contributed by atoms with E-state index in [0.717, 1.165) is 5.56 Å². The van der Waals surface area contributed by atoms with Crippen LogP contribution in [0.25, 0.3) is 0 Å². The molecule has 0 saturated carbocycles. The quantitative estimate of drug-likeness (QED) is 0.738. The molecule has 0 aromatic heterocycles. The summed E-state index contributed by atoms with van der Waals surface area (Å²) in [6, 6.07) is 15.2. The zero-order valence-corrected chi connectivity index (χ0v) is 16.6. The lowest BCUT2D eigenvalue weighted by Gasteiger charge is -2.25. The number of carbonyl (C=O) groups is 2. The normalized spacial score (nSPS) is 16.2. The van der Waals surface area contributed by atoms with Gasteiger partial charge in [-0.25, -0.2) is 0 Å². The van der Waals surface area contributed by atoms with Crippen LogP contribution in [0.4, 0.5) is 5.69 Å². The fourth-order valence-electron chi connectivity index (χ4n) is 3.52. The Morgan fingerprint density at radius 1 is 1.14 bits per heavy atom. The first-order valence-corrected chi connectivity index (χ1v) is 9.42. The van der Waals surface area contributed by atoms with Crippen molar-refractivity contribution in [1.29, 1.82) is 0 Å². The molecule has 1 heterocycles. The number of rotatable bonds is 7. The molecule has 2 aromatic carbocycles. The highest BCUT2D eigenvalue weighted by Gasteiger charge is 2.38. The molecule has 0 radical (unpaired) electrons. The Labute approximate surface area is 165 Å². The maximum Gasteiger partial charge on any atom is 0.228 e. The van der Waals surface area contributed by atoms with Crippen molar-refractivity contribution in [3.8, 4) is 11.5 Å². The van der Waals surface area contributed by atoms with Gasteiger partial charge in [0.05, 0.1) is 25.8 Å². The average Bonchev–Trinajstić information content (AvgIpc) is 3.13. The zero-order valence-electron chi connectivity index (χ0n) is 16.6. The van der Waals surface area contributed by atoms with Crippen molar-refractivity contribution in [3.63, 3.8) is 0 Å². The minimum atomic E-state index is -0.368. The molecular formula is C22H26N2O4. The lowest BCUT2D eigenvalue weighted by molar-refractivity contribution is -0.136. The molecule has 1 aliphatic heterocycles. The molecule has 6 heteroatoms. The SMILES string of the molecule is CCN(Cc1ccccc1)C(=O)C1CC(=O)N(c2cc(OC)ccc2OC)C1. The summed E-state index contributed by atoms with van der Waals surface area (Å²) in [7, 11) is 3.14. The second kappa shape index (κ2) is 8.78. The highest BCUT2D eigenvalue weighted by atomic mass is 16.5. The average molecular weight is 382 g/mol. The second-order valence-corrected chi connectivity index (χ2v) is 6.78. The van der Waals surface area contributed by atoms with Crippen LogP contribution in [0.5, 0.6) is 11.5 Å². The maximum atomic E-state index is 13.1. The van der Waals surface area contributed by atoms with Crippen LogP contribution in [0, 0.1) is 5.92 Å². The Morgan fingerprint density at radius 3 is 2.54 bits per heavy atom. The molecule has 1 atom stereocenters. The summed E-state index contributed by atoms with van der Waals surface area (Å²) in [5.41, 5.74) is 1.71. The summed E-state index contributed by atoms with van der Waals surface area (Å²) in [6.07, 6.45) is 0.199. The van der Waals surface area contributed by atoms with Crippen LogP contribution in [0.1, 0.15) is 18.9 Å². The van der Waals surface area contributed by atoms with Gasteiger partial charge in [-0.1, -0.05) is 30.3 Å². The van der Waals surface area contributed by atoms with E-state index in [1.165, 1.54) is 0 Å². The molecule has 0 N–H and O–H groups in total. The predicted molar refractivity (Wildman–Crippen MR) is 108 cm³/mol. The monoisotopic (exact) mass is 382 g/mol. The van der Waals surface area contributed by atoms with Gasteiger partial charge in [0, 0.05) is 32.1 Å². The zero-order chi connectivity index (χ0) is 20.1. The number of nitrogens with zero attached hydrogens (tertiary/aromatic N) is 2. The fraction of sp³-hybridized carbons (Fsp3) is 0.364. The summed E-state index contributed by atoms with van der Waals surface area (Å²) in [4.78, 5) is 29.2. The first kappa shape index (κ1) is 19.7. The molecule has 1 fully saturated rings. The van der Waals surface area contributed by atoms with Gasteiger partial charge < -0.3 is 19.3 Å². The smallest absolute Gasteiger partial charge is 0.228 e. The molecule has 0 aliphatic carbocycles. The molecule has 1 unspecified atom stereocenters. The number of hydrogen-bond donors (Lipinski definition) is 0. The van der Waals surface area contributed by atoms with Gasteiger partial charge >= 0.3 is 0 Å². The van der Waals surface area contributed by atoms with E-state index in [1.54, 1.807) is 42.2 Å². The van der Waals surface area contributed by atoms with E-state index in [2.05, 4.69) is 0 Å². The van der Waals surface area contributed by atoms with E-state index in [0.29, 0.717) is 36.8 Å². The van der Waals surface area contributed by atoms with E-state index in [1.807, 2.05) is 37.3 Å².